The number of rotatable bonds is 6. The van der Waals surface area contributed by atoms with Crippen LogP contribution in [0, 0.1) is 17.8 Å². The average Bonchev–Trinajstić information content (AvgIpc) is 3.14. The minimum atomic E-state index is -0.0692. The third kappa shape index (κ3) is 3.07. The Morgan fingerprint density at radius 3 is 2.55 bits per heavy atom. The fourth-order valence-electron chi connectivity index (χ4n) is 4.15. The summed E-state index contributed by atoms with van der Waals surface area (Å²) in [5.41, 5.74) is 0.656. The van der Waals surface area contributed by atoms with E-state index in [4.69, 9.17) is 0 Å². The molecule has 1 amide bonds. The van der Waals surface area contributed by atoms with Crippen LogP contribution in [0.15, 0.2) is 30.3 Å². The van der Waals surface area contributed by atoms with Crippen LogP contribution in [0.1, 0.15) is 42.5 Å². The maximum atomic E-state index is 12.1. The summed E-state index contributed by atoms with van der Waals surface area (Å²) in [6, 6.07) is 9.18. The second-order valence-electron chi connectivity index (χ2n) is 6.56. The fourth-order valence-corrected chi connectivity index (χ4v) is 4.15. The molecule has 0 aliphatic heterocycles. The topological polar surface area (TPSA) is 66.4 Å². The molecule has 0 radical (unpaired) electrons. The molecule has 118 valence electrons. The van der Waals surface area contributed by atoms with Gasteiger partial charge in [0.15, 0.2) is 5.78 Å². The number of nitrogens with one attached hydrogen (secondary N) is 1. The van der Waals surface area contributed by atoms with Gasteiger partial charge in [-0.1, -0.05) is 30.3 Å². The lowest BCUT2D eigenvalue weighted by molar-refractivity contribution is -0.122. The molecular weight excluding hydrogens is 278 g/mol. The van der Waals surface area contributed by atoms with E-state index in [-0.39, 0.29) is 43.1 Å². The highest BCUT2D eigenvalue weighted by Crippen LogP contribution is 2.48. The van der Waals surface area contributed by atoms with Crippen molar-refractivity contribution in [3.05, 3.63) is 35.9 Å². The molecule has 4 heteroatoms. The van der Waals surface area contributed by atoms with Crippen LogP contribution in [0.2, 0.25) is 0 Å². The number of Topliss-reactive ketones (excluding diaryl/α,β-unsaturated/α-hetero) is 1. The Labute approximate surface area is 130 Å². The number of aliphatic hydroxyl groups excluding tert-OH is 1. The number of carbonyl (C=O) groups is 2. The molecule has 4 unspecified atom stereocenters. The lowest BCUT2D eigenvalue weighted by Gasteiger charge is -2.30. The lowest BCUT2D eigenvalue weighted by Crippen LogP contribution is -2.45. The number of carbonyl (C=O) groups excluding carboxylic acids is 2. The quantitative estimate of drug-likeness (QED) is 0.791. The first-order valence-corrected chi connectivity index (χ1v) is 8.17. The van der Waals surface area contributed by atoms with E-state index in [0.717, 1.165) is 12.8 Å². The molecule has 0 heterocycles. The van der Waals surface area contributed by atoms with Crippen LogP contribution >= 0.6 is 0 Å². The SMILES string of the molecule is O=C(CCC(=O)c1ccccc1)NC1C2CCC(C2)C1CO. The highest BCUT2D eigenvalue weighted by Gasteiger charge is 2.47. The van der Waals surface area contributed by atoms with Gasteiger partial charge in [-0.25, -0.2) is 0 Å². The van der Waals surface area contributed by atoms with Gasteiger partial charge < -0.3 is 10.4 Å². The molecular formula is C18H23NO3. The number of ketones is 1. The maximum absolute atomic E-state index is 12.1. The van der Waals surface area contributed by atoms with Gasteiger partial charge >= 0.3 is 0 Å². The van der Waals surface area contributed by atoms with Crippen LogP contribution in [0.4, 0.5) is 0 Å². The molecule has 22 heavy (non-hydrogen) atoms. The number of aliphatic hydroxyl groups is 1. The summed E-state index contributed by atoms with van der Waals surface area (Å²) < 4.78 is 0. The molecule has 2 aliphatic carbocycles. The monoisotopic (exact) mass is 301 g/mol. The number of hydrogen-bond donors (Lipinski definition) is 2. The maximum Gasteiger partial charge on any atom is 0.220 e. The summed E-state index contributed by atoms with van der Waals surface area (Å²) in [5, 5.41) is 12.6. The van der Waals surface area contributed by atoms with E-state index in [0.29, 0.717) is 17.4 Å². The van der Waals surface area contributed by atoms with E-state index >= 15 is 0 Å². The van der Waals surface area contributed by atoms with Crippen LogP contribution in [-0.4, -0.2) is 29.4 Å². The van der Waals surface area contributed by atoms with Crippen LogP contribution in [0.25, 0.3) is 0 Å². The number of benzene rings is 1. The summed E-state index contributed by atoms with van der Waals surface area (Å²) in [5.74, 6) is 1.21. The normalized spacial score (nSPS) is 29.5. The van der Waals surface area contributed by atoms with Crippen molar-refractivity contribution in [3.63, 3.8) is 0 Å². The van der Waals surface area contributed by atoms with Crippen LogP contribution in [-0.2, 0) is 4.79 Å². The molecule has 0 aromatic heterocycles. The van der Waals surface area contributed by atoms with Crippen molar-refractivity contribution in [2.75, 3.05) is 6.61 Å². The molecule has 3 rings (SSSR count). The zero-order chi connectivity index (χ0) is 15.5. The lowest BCUT2D eigenvalue weighted by atomic mass is 9.85. The van der Waals surface area contributed by atoms with Crippen LogP contribution < -0.4 is 5.32 Å². The molecule has 2 saturated carbocycles. The van der Waals surface area contributed by atoms with Crippen LogP contribution in [0.5, 0.6) is 0 Å². The molecule has 1 aromatic rings. The van der Waals surface area contributed by atoms with E-state index in [2.05, 4.69) is 5.32 Å². The summed E-state index contributed by atoms with van der Waals surface area (Å²) in [6.07, 6.45) is 3.91. The molecule has 0 saturated heterocycles. The Bertz CT molecular complexity index is 543. The summed E-state index contributed by atoms with van der Waals surface area (Å²) in [6.45, 7) is 0.148. The first-order chi connectivity index (χ1) is 10.7. The Balaban J connectivity index is 1.50. The minimum absolute atomic E-state index is 0.00222. The Kier molecular flexibility index (Phi) is 4.57. The molecule has 2 aliphatic rings. The minimum Gasteiger partial charge on any atom is -0.396 e. The van der Waals surface area contributed by atoms with Crippen molar-refractivity contribution < 1.29 is 14.7 Å². The van der Waals surface area contributed by atoms with Crippen molar-refractivity contribution in [1.82, 2.24) is 5.32 Å². The second kappa shape index (κ2) is 6.61. The van der Waals surface area contributed by atoms with Crippen molar-refractivity contribution in [1.29, 1.82) is 0 Å². The highest BCUT2D eigenvalue weighted by molar-refractivity contribution is 5.97. The van der Waals surface area contributed by atoms with Gasteiger partial charge in [-0.05, 0) is 31.1 Å². The van der Waals surface area contributed by atoms with E-state index in [1.807, 2.05) is 18.2 Å². The van der Waals surface area contributed by atoms with Gasteiger partial charge in [-0.2, -0.15) is 0 Å². The standard InChI is InChI=1S/C18H23NO3/c20-11-15-13-6-7-14(10-13)18(15)19-17(22)9-8-16(21)12-4-2-1-3-5-12/h1-5,13-15,18,20H,6-11H2,(H,19,22). The van der Waals surface area contributed by atoms with Gasteiger partial charge in [-0.15, -0.1) is 0 Å². The van der Waals surface area contributed by atoms with E-state index in [1.54, 1.807) is 12.1 Å². The van der Waals surface area contributed by atoms with Crippen LogP contribution in [0.3, 0.4) is 0 Å². The van der Waals surface area contributed by atoms with E-state index < -0.39 is 0 Å². The van der Waals surface area contributed by atoms with Crippen molar-refractivity contribution in [2.24, 2.45) is 17.8 Å². The van der Waals surface area contributed by atoms with Gasteiger partial charge in [0.2, 0.25) is 5.91 Å². The Morgan fingerprint density at radius 2 is 1.82 bits per heavy atom. The first kappa shape index (κ1) is 15.2. The third-order valence-corrected chi connectivity index (χ3v) is 5.30. The zero-order valence-corrected chi connectivity index (χ0v) is 12.7. The Hall–Kier alpha value is -1.68. The molecule has 4 atom stereocenters. The highest BCUT2D eigenvalue weighted by atomic mass is 16.3. The van der Waals surface area contributed by atoms with Gasteiger partial charge in [0.05, 0.1) is 0 Å². The largest absolute Gasteiger partial charge is 0.396 e. The predicted octanol–water partition coefficient (Wildman–Crippen LogP) is 2.17. The van der Waals surface area contributed by atoms with E-state index in [9.17, 15) is 14.7 Å². The molecule has 1 aromatic carbocycles. The molecule has 2 bridgehead atoms. The summed E-state index contributed by atoms with van der Waals surface area (Å²) >= 11 is 0. The third-order valence-electron chi connectivity index (χ3n) is 5.30. The molecule has 2 fully saturated rings. The molecule has 2 N–H and O–H groups in total. The summed E-state index contributed by atoms with van der Waals surface area (Å²) in [4.78, 5) is 24.1. The number of hydrogen-bond acceptors (Lipinski definition) is 3. The zero-order valence-electron chi connectivity index (χ0n) is 12.7. The second-order valence-corrected chi connectivity index (χ2v) is 6.56. The molecule has 4 nitrogen and oxygen atoms in total. The smallest absolute Gasteiger partial charge is 0.220 e. The average molecular weight is 301 g/mol. The van der Waals surface area contributed by atoms with Gasteiger partial charge in [0.25, 0.3) is 0 Å². The first-order valence-electron chi connectivity index (χ1n) is 8.17. The van der Waals surface area contributed by atoms with E-state index in [1.165, 1.54) is 6.42 Å². The summed E-state index contributed by atoms with van der Waals surface area (Å²) in [7, 11) is 0. The van der Waals surface area contributed by atoms with Crippen molar-refractivity contribution in [2.45, 2.75) is 38.1 Å². The molecule has 0 spiro atoms. The van der Waals surface area contributed by atoms with Gasteiger partial charge in [0, 0.05) is 37.0 Å². The number of amides is 1. The predicted molar refractivity (Wildman–Crippen MR) is 83.3 cm³/mol. The Morgan fingerprint density at radius 1 is 1.09 bits per heavy atom. The van der Waals surface area contributed by atoms with Gasteiger partial charge in [0.1, 0.15) is 0 Å². The van der Waals surface area contributed by atoms with Gasteiger partial charge in [-0.3, -0.25) is 9.59 Å². The fraction of sp³-hybridized carbons (Fsp3) is 0.556. The number of fused-ring (bicyclic) bond motifs is 2. The van der Waals surface area contributed by atoms with Crippen molar-refractivity contribution >= 4 is 11.7 Å². The van der Waals surface area contributed by atoms with Crippen molar-refractivity contribution in [3.8, 4) is 0 Å².